The highest BCUT2D eigenvalue weighted by Crippen LogP contribution is 2.21. The Morgan fingerprint density at radius 3 is 2.52 bits per heavy atom. The second-order valence-corrected chi connectivity index (χ2v) is 6.30. The van der Waals surface area contributed by atoms with Gasteiger partial charge in [0.1, 0.15) is 5.82 Å². The number of hydrogen-bond donors (Lipinski definition) is 1. The average Bonchev–Trinajstić information content (AvgIpc) is 2.54. The van der Waals surface area contributed by atoms with Crippen LogP contribution < -0.4 is 5.32 Å². The first-order valence-corrected chi connectivity index (χ1v) is 8.36. The van der Waals surface area contributed by atoms with Crippen LogP contribution in [0.4, 0.5) is 10.1 Å². The van der Waals surface area contributed by atoms with Crippen LogP contribution in [0.25, 0.3) is 0 Å². The molecule has 7 heteroatoms. The van der Waals surface area contributed by atoms with Crippen molar-refractivity contribution in [2.45, 2.75) is 13.3 Å². The minimum absolute atomic E-state index is 0.0803. The van der Waals surface area contributed by atoms with Crippen LogP contribution in [0.1, 0.15) is 12.5 Å². The largest absolute Gasteiger partial charge is 0.333 e. The van der Waals surface area contributed by atoms with Crippen molar-refractivity contribution in [3.63, 3.8) is 0 Å². The molecule has 0 radical (unpaired) electrons. The number of carbonyl (C=O) groups is 2. The molecular formula is C18H17Cl2FN2O2. The Labute approximate surface area is 155 Å². The molecule has 4 nitrogen and oxygen atoms in total. The molecular weight excluding hydrogens is 366 g/mol. The van der Waals surface area contributed by atoms with Gasteiger partial charge in [-0.1, -0.05) is 41.4 Å². The lowest BCUT2D eigenvalue weighted by molar-refractivity contribution is -0.132. The Hall–Kier alpha value is -2.11. The number of carbonyl (C=O) groups excluding carboxylic acids is 2. The van der Waals surface area contributed by atoms with Gasteiger partial charge in [-0.15, -0.1) is 0 Å². The minimum Gasteiger partial charge on any atom is -0.333 e. The van der Waals surface area contributed by atoms with E-state index >= 15 is 0 Å². The van der Waals surface area contributed by atoms with Crippen LogP contribution in [0.15, 0.2) is 42.5 Å². The van der Waals surface area contributed by atoms with Crippen LogP contribution >= 0.6 is 23.2 Å². The summed E-state index contributed by atoms with van der Waals surface area (Å²) in [6, 6.07) is 11.0. The van der Waals surface area contributed by atoms with Crippen LogP contribution in [0.3, 0.4) is 0 Å². The van der Waals surface area contributed by atoms with Gasteiger partial charge in [0.15, 0.2) is 0 Å². The zero-order valence-electron chi connectivity index (χ0n) is 13.6. The van der Waals surface area contributed by atoms with E-state index in [0.717, 1.165) is 5.56 Å². The van der Waals surface area contributed by atoms with Crippen LogP contribution in [-0.2, 0) is 16.0 Å². The van der Waals surface area contributed by atoms with E-state index in [4.69, 9.17) is 23.2 Å². The quantitative estimate of drug-likeness (QED) is 0.814. The summed E-state index contributed by atoms with van der Waals surface area (Å²) in [5, 5.41) is 3.50. The molecule has 25 heavy (non-hydrogen) atoms. The van der Waals surface area contributed by atoms with Gasteiger partial charge in [0, 0.05) is 23.5 Å². The Bertz CT molecular complexity index is 783. The van der Waals surface area contributed by atoms with Gasteiger partial charge >= 0.3 is 0 Å². The van der Waals surface area contributed by atoms with E-state index in [1.54, 1.807) is 24.3 Å². The van der Waals surface area contributed by atoms with Crippen molar-refractivity contribution in [2.75, 3.05) is 18.4 Å². The van der Waals surface area contributed by atoms with Crippen LogP contribution in [0, 0.1) is 5.82 Å². The summed E-state index contributed by atoms with van der Waals surface area (Å²) < 4.78 is 13.6. The first-order chi connectivity index (χ1) is 11.9. The van der Waals surface area contributed by atoms with Gasteiger partial charge in [-0.2, -0.15) is 0 Å². The zero-order chi connectivity index (χ0) is 18.4. The highest BCUT2D eigenvalue weighted by Gasteiger charge is 2.15. The van der Waals surface area contributed by atoms with Crippen LogP contribution in [-0.4, -0.2) is 29.8 Å². The summed E-state index contributed by atoms with van der Waals surface area (Å²) in [4.78, 5) is 25.2. The summed E-state index contributed by atoms with van der Waals surface area (Å²) in [6.45, 7) is 1.51. The highest BCUT2D eigenvalue weighted by atomic mass is 35.5. The minimum atomic E-state index is -0.529. The standard InChI is InChI=1S/C18H17Cl2FN2O2/c1-12(24)23(9-8-13-6-7-14(19)10-15(13)20)11-18(25)22-17-5-3-2-4-16(17)21/h2-7,10H,8-9,11H2,1H3,(H,22,25). The number of amides is 2. The van der Waals surface area contributed by atoms with Crippen molar-refractivity contribution in [2.24, 2.45) is 0 Å². The zero-order valence-corrected chi connectivity index (χ0v) is 15.1. The maximum atomic E-state index is 13.6. The second kappa shape index (κ2) is 8.83. The third-order valence-corrected chi connectivity index (χ3v) is 4.18. The maximum Gasteiger partial charge on any atom is 0.244 e. The molecule has 0 atom stereocenters. The molecule has 0 aliphatic rings. The molecule has 1 N–H and O–H groups in total. The van der Waals surface area contributed by atoms with Gasteiger partial charge in [0.05, 0.1) is 12.2 Å². The van der Waals surface area contributed by atoms with E-state index < -0.39 is 11.7 Å². The summed E-state index contributed by atoms with van der Waals surface area (Å²) >= 11 is 12.0. The van der Waals surface area contributed by atoms with Gasteiger partial charge in [-0.25, -0.2) is 4.39 Å². The number of halogens is 3. The van der Waals surface area contributed by atoms with E-state index in [9.17, 15) is 14.0 Å². The smallest absolute Gasteiger partial charge is 0.244 e. The topological polar surface area (TPSA) is 49.4 Å². The van der Waals surface area contributed by atoms with Crippen molar-refractivity contribution in [3.8, 4) is 0 Å². The Kier molecular flexibility index (Phi) is 6.79. The van der Waals surface area contributed by atoms with E-state index in [0.29, 0.717) is 23.0 Å². The maximum absolute atomic E-state index is 13.6. The molecule has 2 aromatic rings. The highest BCUT2D eigenvalue weighted by molar-refractivity contribution is 6.35. The molecule has 2 rings (SSSR count). The average molecular weight is 383 g/mol. The molecule has 0 saturated carbocycles. The second-order valence-electron chi connectivity index (χ2n) is 5.45. The van der Waals surface area contributed by atoms with Gasteiger partial charge in [0.25, 0.3) is 0 Å². The summed E-state index contributed by atoms with van der Waals surface area (Å²) in [6.07, 6.45) is 0.475. The van der Waals surface area contributed by atoms with Gasteiger partial charge in [-0.05, 0) is 36.2 Å². The Morgan fingerprint density at radius 2 is 1.88 bits per heavy atom. The first kappa shape index (κ1) is 19.2. The third-order valence-electron chi connectivity index (χ3n) is 3.59. The van der Waals surface area contributed by atoms with E-state index in [1.165, 1.54) is 30.0 Å². The number of rotatable bonds is 6. The molecule has 0 fully saturated rings. The number of anilines is 1. The molecule has 2 aromatic carbocycles. The predicted molar refractivity (Wildman–Crippen MR) is 97.4 cm³/mol. The van der Waals surface area contributed by atoms with E-state index in [1.807, 2.05) is 0 Å². The van der Waals surface area contributed by atoms with Gasteiger partial charge in [0.2, 0.25) is 11.8 Å². The molecule has 0 aliphatic heterocycles. The fraction of sp³-hybridized carbons (Fsp3) is 0.222. The lowest BCUT2D eigenvalue weighted by Crippen LogP contribution is -2.38. The Balaban J connectivity index is 1.97. The SMILES string of the molecule is CC(=O)N(CCc1ccc(Cl)cc1Cl)CC(=O)Nc1ccccc1F. The normalized spacial score (nSPS) is 10.4. The molecule has 0 heterocycles. The third kappa shape index (κ3) is 5.73. The molecule has 0 spiro atoms. The number of para-hydroxylation sites is 1. The van der Waals surface area contributed by atoms with Crippen molar-refractivity contribution in [3.05, 3.63) is 63.9 Å². The monoisotopic (exact) mass is 382 g/mol. The first-order valence-electron chi connectivity index (χ1n) is 7.60. The fourth-order valence-corrected chi connectivity index (χ4v) is 2.76. The summed E-state index contributed by atoms with van der Waals surface area (Å²) in [5.74, 6) is -1.26. The predicted octanol–water partition coefficient (Wildman–Crippen LogP) is 4.16. The van der Waals surface area contributed by atoms with Crippen LogP contribution in [0.5, 0.6) is 0 Å². The lowest BCUT2D eigenvalue weighted by Gasteiger charge is -2.21. The van der Waals surface area contributed by atoms with E-state index in [2.05, 4.69) is 5.32 Å². The number of nitrogens with one attached hydrogen (secondary N) is 1. The molecule has 0 saturated heterocycles. The molecule has 2 amide bonds. The molecule has 0 unspecified atom stereocenters. The van der Waals surface area contributed by atoms with Crippen molar-refractivity contribution in [1.29, 1.82) is 0 Å². The molecule has 132 valence electrons. The van der Waals surface area contributed by atoms with Crippen molar-refractivity contribution >= 4 is 40.7 Å². The van der Waals surface area contributed by atoms with Gasteiger partial charge in [-0.3, -0.25) is 9.59 Å². The molecule has 0 bridgehead atoms. The number of hydrogen-bond acceptors (Lipinski definition) is 2. The van der Waals surface area contributed by atoms with E-state index in [-0.39, 0.29) is 18.1 Å². The number of benzene rings is 2. The molecule has 0 aliphatic carbocycles. The van der Waals surface area contributed by atoms with Crippen molar-refractivity contribution in [1.82, 2.24) is 4.90 Å². The molecule has 0 aromatic heterocycles. The fourth-order valence-electron chi connectivity index (χ4n) is 2.25. The number of nitrogens with zero attached hydrogens (tertiary/aromatic N) is 1. The lowest BCUT2D eigenvalue weighted by atomic mass is 10.1. The van der Waals surface area contributed by atoms with Crippen molar-refractivity contribution < 1.29 is 14.0 Å². The summed E-state index contributed by atoms with van der Waals surface area (Å²) in [7, 11) is 0. The summed E-state index contributed by atoms with van der Waals surface area (Å²) in [5.41, 5.74) is 0.906. The van der Waals surface area contributed by atoms with Gasteiger partial charge < -0.3 is 10.2 Å². The van der Waals surface area contributed by atoms with Crippen LogP contribution in [0.2, 0.25) is 10.0 Å². The Morgan fingerprint density at radius 1 is 1.16 bits per heavy atom.